The predicted molar refractivity (Wildman–Crippen MR) is 81.8 cm³/mol. The van der Waals surface area contributed by atoms with Gasteiger partial charge in [0.2, 0.25) is 10.0 Å². The Bertz CT molecular complexity index is 845. The van der Waals surface area contributed by atoms with E-state index in [0.29, 0.717) is 11.1 Å². The maximum absolute atomic E-state index is 13.5. The van der Waals surface area contributed by atoms with E-state index < -0.39 is 21.7 Å². The lowest BCUT2D eigenvalue weighted by atomic mass is 10.1. The third kappa shape index (κ3) is 4.84. The maximum Gasteiger partial charge on any atom is 0.215 e. The summed E-state index contributed by atoms with van der Waals surface area (Å²) in [5.74, 6) is -2.21. The second kappa shape index (κ2) is 7.31. The zero-order valence-electron chi connectivity index (χ0n) is 12.1. The van der Waals surface area contributed by atoms with Gasteiger partial charge in [0, 0.05) is 6.54 Å². The van der Waals surface area contributed by atoms with Gasteiger partial charge in [-0.1, -0.05) is 24.3 Å². The van der Waals surface area contributed by atoms with Crippen LogP contribution in [-0.2, 0) is 22.2 Å². The summed E-state index contributed by atoms with van der Waals surface area (Å²) in [6, 6.07) is 12.0. The minimum atomic E-state index is -3.63. The summed E-state index contributed by atoms with van der Waals surface area (Å²) in [5.41, 5.74) is 0.965. The number of hydrogen-bond donors (Lipinski definition) is 1. The van der Waals surface area contributed by atoms with Gasteiger partial charge in [0.25, 0.3) is 0 Å². The van der Waals surface area contributed by atoms with Crippen molar-refractivity contribution in [1.82, 2.24) is 4.72 Å². The molecule has 0 aliphatic rings. The lowest BCUT2D eigenvalue weighted by Gasteiger charge is -2.08. The normalized spacial score (nSPS) is 11.2. The molecule has 2 aromatic rings. The molecule has 0 aliphatic carbocycles. The molecule has 0 amide bonds. The van der Waals surface area contributed by atoms with Crippen LogP contribution >= 0.6 is 0 Å². The van der Waals surface area contributed by atoms with Crippen molar-refractivity contribution < 1.29 is 17.2 Å². The number of nitrogens with zero attached hydrogens (tertiary/aromatic N) is 1. The highest BCUT2D eigenvalue weighted by molar-refractivity contribution is 7.88. The quantitative estimate of drug-likeness (QED) is 0.881. The summed E-state index contributed by atoms with van der Waals surface area (Å²) in [6.07, 6.45) is 0.0427. The first kappa shape index (κ1) is 17.1. The maximum atomic E-state index is 13.5. The van der Waals surface area contributed by atoms with Crippen LogP contribution in [0.25, 0.3) is 0 Å². The molecule has 0 radical (unpaired) electrons. The Labute approximate surface area is 133 Å². The fourth-order valence-electron chi connectivity index (χ4n) is 2.08. The Morgan fingerprint density at radius 2 is 1.87 bits per heavy atom. The second-order valence-electron chi connectivity index (χ2n) is 4.93. The summed E-state index contributed by atoms with van der Waals surface area (Å²) < 4.78 is 52.8. The summed E-state index contributed by atoms with van der Waals surface area (Å²) in [7, 11) is -3.63. The fourth-order valence-corrected chi connectivity index (χ4v) is 3.22. The molecule has 0 heterocycles. The van der Waals surface area contributed by atoms with Crippen molar-refractivity contribution in [2.75, 3.05) is 6.54 Å². The SMILES string of the molecule is N#Cc1cccc(CS(=O)(=O)NCCc2cccc(F)c2F)c1. The summed E-state index contributed by atoms with van der Waals surface area (Å²) >= 11 is 0. The minimum Gasteiger partial charge on any atom is -0.215 e. The number of nitrogens with one attached hydrogen (secondary N) is 1. The number of nitriles is 1. The van der Waals surface area contributed by atoms with E-state index in [1.165, 1.54) is 18.2 Å². The zero-order chi connectivity index (χ0) is 16.9. The van der Waals surface area contributed by atoms with Crippen molar-refractivity contribution in [1.29, 1.82) is 5.26 Å². The zero-order valence-corrected chi connectivity index (χ0v) is 12.9. The molecule has 23 heavy (non-hydrogen) atoms. The van der Waals surface area contributed by atoms with Crippen LogP contribution in [0.3, 0.4) is 0 Å². The van der Waals surface area contributed by atoms with E-state index in [0.717, 1.165) is 6.07 Å². The van der Waals surface area contributed by atoms with Crippen LogP contribution in [0.4, 0.5) is 8.78 Å². The smallest absolute Gasteiger partial charge is 0.215 e. The second-order valence-corrected chi connectivity index (χ2v) is 6.74. The monoisotopic (exact) mass is 336 g/mol. The van der Waals surface area contributed by atoms with Crippen LogP contribution in [0.15, 0.2) is 42.5 Å². The third-order valence-corrected chi connectivity index (χ3v) is 4.52. The standard InChI is InChI=1S/C16H14F2N2O2S/c17-15-6-2-5-14(16(15)18)7-8-20-23(21,22)11-13-4-1-3-12(9-13)10-19/h1-6,9,20H,7-8,11H2. The van der Waals surface area contributed by atoms with Crippen molar-refractivity contribution in [3.63, 3.8) is 0 Å². The van der Waals surface area contributed by atoms with Crippen LogP contribution in [-0.4, -0.2) is 15.0 Å². The highest BCUT2D eigenvalue weighted by Crippen LogP contribution is 2.12. The Morgan fingerprint density at radius 1 is 1.13 bits per heavy atom. The lowest BCUT2D eigenvalue weighted by Crippen LogP contribution is -2.27. The average Bonchev–Trinajstić information content (AvgIpc) is 2.51. The van der Waals surface area contributed by atoms with Crippen LogP contribution in [0.2, 0.25) is 0 Å². The van der Waals surface area contributed by atoms with Crippen molar-refractivity contribution in [2.45, 2.75) is 12.2 Å². The minimum absolute atomic E-state index is 0.0410. The predicted octanol–water partition coefficient (Wildman–Crippen LogP) is 2.50. The van der Waals surface area contributed by atoms with Gasteiger partial charge in [-0.05, 0) is 35.7 Å². The first-order chi connectivity index (χ1) is 10.9. The van der Waals surface area contributed by atoms with Gasteiger partial charge in [-0.15, -0.1) is 0 Å². The van der Waals surface area contributed by atoms with E-state index in [1.54, 1.807) is 18.2 Å². The molecule has 7 heteroatoms. The number of sulfonamides is 1. The van der Waals surface area contributed by atoms with Crippen LogP contribution < -0.4 is 4.72 Å². The number of halogens is 2. The van der Waals surface area contributed by atoms with E-state index in [2.05, 4.69) is 4.72 Å². The molecule has 1 N–H and O–H groups in total. The Morgan fingerprint density at radius 3 is 2.61 bits per heavy atom. The van der Waals surface area contributed by atoms with Gasteiger partial charge in [-0.25, -0.2) is 21.9 Å². The van der Waals surface area contributed by atoms with E-state index in [9.17, 15) is 17.2 Å². The molecule has 0 saturated carbocycles. The van der Waals surface area contributed by atoms with Crippen molar-refractivity contribution >= 4 is 10.0 Å². The molecular weight excluding hydrogens is 322 g/mol. The van der Waals surface area contributed by atoms with Gasteiger partial charge in [-0.2, -0.15) is 5.26 Å². The Kier molecular flexibility index (Phi) is 5.42. The van der Waals surface area contributed by atoms with Crippen LogP contribution in [0.1, 0.15) is 16.7 Å². The molecule has 120 valence electrons. The first-order valence-electron chi connectivity index (χ1n) is 6.80. The molecule has 0 bridgehead atoms. The van der Waals surface area contributed by atoms with Gasteiger partial charge >= 0.3 is 0 Å². The van der Waals surface area contributed by atoms with Gasteiger partial charge in [0.15, 0.2) is 11.6 Å². The van der Waals surface area contributed by atoms with E-state index >= 15 is 0 Å². The largest absolute Gasteiger partial charge is 0.215 e. The number of rotatable bonds is 6. The lowest BCUT2D eigenvalue weighted by molar-refractivity contribution is 0.498. The van der Waals surface area contributed by atoms with Crippen molar-refractivity contribution in [3.8, 4) is 6.07 Å². The molecule has 0 atom stereocenters. The fraction of sp³-hybridized carbons (Fsp3) is 0.188. The highest BCUT2D eigenvalue weighted by atomic mass is 32.2. The summed E-state index contributed by atoms with van der Waals surface area (Å²) in [5, 5.41) is 8.80. The van der Waals surface area contributed by atoms with E-state index in [1.807, 2.05) is 6.07 Å². The van der Waals surface area contributed by atoms with E-state index in [4.69, 9.17) is 5.26 Å². The molecule has 0 spiro atoms. The molecule has 0 aliphatic heterocycles. The van der Waals surface area contributed by atoms with Crippen LogP contribution in [0.5, 0.6) is 0 Å². The van der Waals surface area contributed by atoms with Gasteiger partial charge < -0.3 is 0 Å². The molecular formula is C16H14F2N2O2S. The van der Waals surface area contributed by atoms with Crippen LogP contribution in [0, 0.1) is 23.0 Å². The molecule has 0 aromatic heterocycles. The molecule has 0 fully saturated rings. The molecule has 4 nitrogen and oxygen atoms in total. The topological polar surface area (TPSA) is 70.0 Å². The van der Waals surface area contributed by atoms with Gasteiger partial charge in [-0.3, -0.25) is 0 Å². The molecule has 2 aromatic carbocycles. The highest BCUT2D eigenvalue weighted by Gasteiger charge is 2.13. The van der Waals surface area contributed by atoms with Gasteiger partial charge in [0.1, 0.15) is 0 Å². The Balaban J connectivity index is 1.96. The summed E-state index contributed by atoms with van der Waals surface area (Å²) in [4.78, 5) is 0. The summed E-state index contributed by atoms with van der Waals surface area (Å²) in [6.45, 7) is -0.0410. The third-order valence-electron chi connectivity index (χ3n) is 3.16. The first-order valence-corrected chi connectivity index (χ1v) is 8.46. The average molecular weight is 336 g/mol. The van der Waals surface area contributed by atoms with Crippen molar-refractivity contribution in [3.05, 3.63) is 70.8 Å². The number of benzene rings is 2. The van der Waals surface area contributed by atoms with Gasteiger partial charge in [0.05, 0.1) is 17.4 Å². The number of hydrogen-bond acceptors (Lipinski definition) is 3. The Hall–Kier alpha value is -2.30. The molecule has 0 saturated heterocycles. The van der Waals surface area contributed by atoms with E-state index in [-0.39, 0.29) is 24.3 Å². The molecule has 2 rings (SSSR count). The van der Waals surface area contributed by atoms with Crippen molar-refractivity contribution in [2.24, 2.45) is 0 Å². The molecule has 0 unspecified atom stereocenters.